The molecule has 204 valence electrons. The third kappa shape index (κ3) is 7.85. The van der Waals surface area contributed by atoms with Gasteiger partial charge in [0.2, 0.25) is 6.10 Å². The number of carbonyl (C=O) groups is 2. The number of ether oxygens (including phenoxy) is 3. The fraction of sp³-hybridized carbons (Fsp3) is 0.444. The Morgan fingerprint density at radius 3 is 2.25 bits per heavy atom. The van der Waals surface area contributed by atoms with E-state index in [4.69, 9.17) is 0 Å². The average Bonchev–Trinajstić information content (AvgIpc) is 2.70. The number of rotatable bonds is 10. The Morgan fingerprint density at radius 2 is 1.69 bits per heavy atom. The molecule has 1 aromatic carbocycles. The van der Waals surface area contributed by atoms with Crippen LogP contribution in [0, 0.1) is 17.0 Å². The van der Waals surface area contributed by atoms with Crippen LogP contribution in [0.3, 0.4) is 0 Å². The van der Waals surface area contributed by atoms with Gasteiger partial charge in [0.25, 0.3) is 5.09 Å². The van der Waals surface area contributed by atoms with Crippen molar-refractivity contribution in [2.45, 2.75) is 36.9 Å². The van der Waals surface area contributed by atoms with E-state index >= 15 is 0 Å². The lowest BCUT2D eigenvalue weighted by Crippen LogP contribution is -2.41. The van der Waals surface area contributed by atoms with Crippen molar-refractivity contribution in [3.63, 3.8) is 0 Å². The van der Waals surface area contributed by atoms with Crippen molar-refractivity contribution < 1.29 is 66.3 Å². The van der Waals surface area contributed by atoms with E-state index in [2.05, 4.69) is 19.0 Å². The number of aryl methyl sites for hydroxylation is 1. The van der Waals surface area contributed by atoms with Crippen molar-refractivity contribution in [1.29, 1.82) is 0 Å². The summed E-state index contributed by atoms with van der Waals surface area (Å²) in [5.41, 5.74) is -2.85. The van der Waals surface area contributed by atoms with Crippen molar-refractivity contribution in [2.24, 2.45) is 0 Å². The average molecular weight is 559 g/mol. The van der Waals surface area contributed by atoms with Crippen LogP contribution < -0.4 is 4.74 Å². The first-order valence-corrected chi connectivity index (χ1v) is 11.6. The molecule has 36 heavy (non-hydrogen) atoms. The summed E-state index contributed by atoms with van der Waals surface area (Å²) in [6, 6.07) is -0.183. The molecule has 0 N–H and O–H groups in total. The lowest BCUT2D eigenvalue weighted by molar-refractivity contribution is -0.757. The van der Waals surface area contributed by atoms with Gasteiger partial charge in [-0.2, -0.15) is 13.2 Å². The summed E-state index contributed by atoms with van der Waals surface area (Å²) in [6.45, 7) is -1.01. The molecule has 0 aliphatic carbocycles. The fourth-order valence-corrected chi connectivity index (χ4v) is 3.64. The second kappa shape index (κ2) is 9.29. The van der Waals surface area contributed by atoms with Crippen molar-refractivity contribution >= 4 is 28.2 Å². The molecule has 0 unspecified atom stereocenters. The van der Waals surface area contributed by atoms with Crippen molar-refractivity contribution in [3.05, 3.63) is 38.9 Å². The maximum atomic E-state index is 13.5. The van der Waals surface area contributed by atoms with Crippen LogP contribution in [0.4, 0.5) is 32.6 Å². The largest absolute Gasteiger partial charge is 0.475 e. The molecule has 0 aromatic heterocycles. The molecule has 1 aliphatic heterocycles. The zero-order valence-electron chi connectivity index (χ0n) is 18.0. The second-order valence-electron chi connectivity index (χ2n) is 7.28. The Bertz CT molecular complexity index is 1090. The predicted molar refractivity (Wildman–Crippen MR) is 105 cm³/mol. The van der Waals surface area contributed by atoms with E-state index < -0.39 is 86.7 Å². The Labute approximate surface area is 196 Å². The monoisotopic (exact) mass is 559 g/mol. The van der Waals surface area contributed by atoms with Gasteiger partial charge in [-0.1, -0.05) is 19.4 Å². The molecule has 18 heteroatoms. The summed E-state index contributed by atoms with van der Waals surface area (Å²) in [5.74, 6) is -3.40. The molecule has 0 amide bonds. The minimum atomic E-state index is -10.2. The Balaban J connectivity index is 2.16. The van der Waals surface area contributed by atoms with E-state index in [0.29, 0.717) is 6.08 Å². The van der Waals surface area contributed by atoms with E-state index in [-0.39, 0.29) is 25.0 Å². The van der Waals surface area contributed by atoms with Crippen molar-refractivity contribution in [1.82, 2.24) is 0 Å². The maximum Gasteiger partial charge on any atom is 0.430 e. The molecular weight excluding hydrogens is 542 g/mol. The Hall–Kier alpha value is -3.31. The maximum absolute atomic E-state index is 13.5. The lowest BCUT2D eigenvalue weighted by atomic mass is 9.99. The molecular formula is C18H17F8NO8S. The number of nitrogens with zero attached hydrogens (tertiary/aromatic N) is 1. The van der Waals surface area contributed by atoms with Crippen LogP contribution in [-0.2, 0) is 23.9 Å². The number of halogens is 8. The van der Waals surface area contributed by atoms with Gasteiger partial charge < -0.3 is 19.0 Å². The summed E-state index contributed by atoms with van der Waals surface area (Å²) in [7, 11) is -10.2. The highest BCUT2D eigenvalue weighted by molar-refractivity contribution is 8.45. The van der Waals surface area contributed by atoms with Crippen molar-refractivity contribution in [2.75, 3.05) is 19.8 Å². The summed E-state index contributed by atoms with van der Waals surface area (Å²) < 4.78 is 120. The van der Waals surface area contributed by atoms with E-state index in [0.717, 1.165) is 6.92 Å². The van der Waals surface area contributed by atoms with Gasteiger partial charge in [-0.25, -0.2) is 4.79 Å². The van der Waals surface area contributed by atoms with E-state index in [1.165, 1.54) is 0 Å². The topological polar surface area (TPSA) is 114 Å². The summed E-state index contributed by atoms with van der Waals surface area (Å²) >= 11 is 0. The molecule has 0 saturated heterocycles. The smallest absolute Gasteiger partial charge is 0.430 e. The van der Waals surface area contributed by atoms with Crippen LogP contribution in [-0.4, -0.2) is 49.1 Å². The normalized spacial score (nSPS) is 17.5. The first kappa shape index (κ1) is 28.9. The van der Waals surface area contributed by atoms with Crippen LogP contribution in [0.2, 0.25) is 0 Å². The van der Waals surface area contributed by atoms with Gasteiger partial charge in [-0.05, 0) is 37.1 Å². The molecule has 1 aliphatic rings. The number of alkyl halides is 3. The van der Waals surface area contributed by atoms with Crippen LogP contribution in [0.15, 0.2) is 22.6 Å². The van der Waals surface area contributed by atoms with E-state index in [9.17, 15) is 52.3 Å². The highest BCUT2D eigenvalue weighted by atomic mass is 32.5. The molecule has 0 saturated carbocycles. The molecule has 1 heterocycles. The lowest BCUT2D eigenvalue weighted by Gasteiger charge is -2.41. The van der Waals surface area contributed by atoms with Gasteiger partial charge in [0.05, 0.1) is 12.2 Å². The number of carbonyl (C=O) groups excluding carboxylic acids is 2. The molecule has 2 rings (SSSR count). The summed E-state index contributed by atoms with van der Waals surface area (Å²) in [5, 5.41) is 8.88. The number of fused-ring (bicyclic) bond motifs is 1. The van der Waals surface area contributed by atoms with Gasteiger partial charge in [0, 0.05) is 12.0 Å². The van der Waals surface area contributed by atoms with Gasteiger partial charge in [-0.15, -0.1) is 10.1 Å². The molecule has 1 atom stereocenters. The quantitative estimate of drug-likeness (QED) is 0.123. The van der Waals surface area contributed by atoms with Crippen molar-refractivity contribution in [3.8, 4) is 5.75 Å². The zero-order valence-corrected chi connectivity index (χ0v) is 18.8. The number of esters is 2. The predicted octanol–water partition coefficient (Wildman–Crippen LogP) is 5.43. The van der Waals surface area contributed by atoms with Crippen LogP contribution in [0.5, 0.6) is 5.75 Å². The standard InChI is InChI=1S/C18H17F8NO8S/c1-10-7-12(36(22,23,24,25)26)8-11-9-13(16(18(19,20)21)35-15(10)11)17(29)33-6-5-32-14(28)3-2-4-34-27(30)31/h7-9,16H,2-6H2,1H3/t16-/m0/s1. The van der Waals surface area contributed by atoms with E-state index in [1.807, 2.05) is 0 Å². The van der Waals surface area contributed by atoms with Gasteiger partial charge in [-0.3, -0.25) is 4.79 Å². The number of benzene rings is 1. The summed E-state index contributed by atoms with van der Waals surface area (Å²) in [6.07, 6.45) is -8.35. The second-order valence-corrected chi connectivity index (χ2v) is 9.69. The highest BCUT2D eigenvalue weighted by Crippen LogP contribution is 3.02. The first-order chi connectivity index (χ1) is 16.2. The Morgan fingerprint density at radius 1 is 1.08 bits per heavy atom. The number of hydrogen-bond acceptors (Lipinski definition) is 8. The zero-order chi connectivity index (χ0) is 27.6. The SMILES string of the molecule is Cc1cc(S(F)(F)(F)(F)F)cc2c1O[C@H](C(F)(F)F)C(C(=O)OCCOC(=O)CCCO[N+](=O)[O-])=C2. The molecule has 0 fully saturated rings. The highest BCUT2D eigenvalue weighted by Gasteiger charge is 2.65. The fourth-order valence-electron chi connectivity index (χ4n) is 2.89. The molecule has 9 nitrogen and oxygen atoms in total. The molecule has 0 bridgehead atoms. The minimum Gasteiger partial charge on any atom is -0.475 e. The number of hydrogen-bond donors (Lipinski definition) is 0. The van der Waals surface area contributed by atoms with Crippen LogP contribution in [0.25, 0.3) is 6.08 Å². The third-order valence-corrected chi connectivity index (χ3v) is 5.51. The molecule has 0 spiro atoms. The van der Waals surface area contributed by atoms with Gasteiger partial charge in [0.15, 0.2) is 0 Å². The van der Waals surface area contributed by atoms with E-state index in [1.54, 1.807) is 0 Å². The summed E-state index contributed by atoms with van der Waals surface area (Å²) in [4.78, 5) is 35.2. The Kier molecular flexibility index (Phi) is 7.46. The first-order valence-electron chi connectivity index (χ1n) is 9.63. The van der Waals surface area contributed by atoms with Gasteiger partial charge in [0.1, 0.15) is 23.9 Å². The molecule has 0 radical (unpaired) electrons. The molecule has 1 aromatic rings. The van der Waals surface area contributed by atoms with Gasteiger partial charge >= 0.3 is 28.3 Å². The third-order valence-electron chi connectivity index (χ3n) is 4.39. The van der Waals surface area contributed by atoms with Crippen LogP contribution in [0.1, 0.15) is 24.0 Å². The van der Waals surface area contributed by atoms with Crippen LogP contribution >= 0.6 is 10.2 Å². The minimum absolute atomic E-state index is 0.0527.